The summed E-state index contributed by atoms with van der Waals surface area (Å²) < 4.78 is 49.2. The van der Waals surface area contributed by atoms with Gasteiger partial charge in [0.25, 0.3) is 0 Å². The van der Waals surface area contributed by atoms with E-state index in [1.807, 2.05) is 0 Å². The predicted molar refractivity (Wildman–Crippen MR) is 55.7 cm³/mol. The summed E-state index contributed by atoms with van der Waals surface area (Å²) in [4.78, 5) is 21.3. The molecule has 0 aliphatic rings. The van der Waals surface area contributed by atoms with Crippen LogP contribution in [0.25, 0.3) is 0 Å². The molecule has 0 unspecified atom stereocenters. The molecule has 98 valence electrons. The molecule has 0 saturated carbocycles. The standard InChI is InChI=1S/C9H4BrF4NO3/c10-3-1-2-4(6(11)5(3)7(16)17)15-8(18)9(12,13)14/h1-2H,(H,15,18)(H,16,17). The lowest BCUT2D eigenvalue weighted by Crippen LogP contribution is -2.30. The largest absolute Gasteiger partial charge is 0.478 e. The first-order valence-electron chi connectivity index (χ1n) is 4.24. The highest BCUT2D eigenvalue weighted by atomic mass is 79.9. The number of anilines is 1. The number of carboxylic acid groups (broad SMARTS) is 1. The zero-order valence-corrected chi connectivity index (χ0v) is 9.89. The van der Waals surface area contributed by atoms with Gasteiger partial charge in [0, 0.05) is 4.47 Å². The van der Waals surface area contributed by atoms with Crippen LogP contribution in [0, 0.1) is 5.82 Å². The number of carbonyl (C=O) groups excluding carboxylic acids is 1. The van der Waals surface area contributed by atoms with Crippen molar-refractivity contribution in [3.8, 4) is 0 Å². The Labute approximate surface area is 106 Å². The van der Waals surface area contributed by atoms with E-state index < -0.39 is 35.1 Å². The van der Waals surface area contributed by atoms with Crippen LogP contribution in [0.15, 0.2) is 16.6 Å². The van der Waals surface area contributed by atoms with E-state index in [0.717, 1.165) is 12.1 Å². The lowest BCUT2D eigenvalue weighted by atomic mass is 10.2. The molecular weight excluding hydrogens is 326 g/mol. The van der Waals surface area contributed by atoms with Gasteiger partial charge in [0.15, 0.2) is 5.82 Å². The minimum atomic E-state index is -5.19. The molecule has 1 amide bonds. The van der Waals surface area contributed by atoms with Crippen LogP contribution in [0.2, 0.25) is 0 Å². The van der Waals surface area contributed by atoms with Gasteiger partial charge in [0.2, 0.25) is 0 Å². The van der Waals surface area contributed by atoms with Crippen molar-refractivity contribution in [2.24, 2.45) is 0 Å². The number of carboxylic acids is 1. The molecule has 0 aliphatic heterocycles. The third kappa shape index (κ3) is 2.97. The van der Waals surface area contributed by atoms with Gasteiger partial charge in [-0.3, -0.25) is 4.79 Å². The van der Waals surface area contributed by atoms with Crippen LogP contribution >= 0.6 is 15.9 Å². The first-order valence-corrected chi connectivity index (χ1v) is 5.03. The van der Waals surface area contributed by atoms with Crippen molar-refractivity contribution >= 4 is 33.5 Å². The van der Waals surface area contributed by atoms with Crippen LogP contribution in [0.4, 0.5) is 23.2 Å². The van der Waals surface area contributed by atoms with Crippen molar-refractivity contribution in [2.75, 3.05) is 5.32 Å². The van der Waals surface area contributed by atoms with Crippen LogP contribution in [-0.4, -0.2) is 23.2 Å². The number of hydrogen-bond acceptors (Lipinski definition) is 2. The smallest absolute Gasteiger partial charge is 0.471 e. The minimum Gasteiger partial charge on any atom is -0.478 e. The topological polar surface area (TPSA) is 66.4 Å². The Morgan fingerprint density at radius 1 is 1.28 bits per heavy atom. The lowest BCUT2D eigenvalue weighted by molar-refractivity contribution is -0.167. The number of rotatable bonds is 2. The average Bonchev–Trinajstić information content (AvgIpc) is 2.20. The third-order valence-corrected chi connectivity index (χ3v) is 2.47. The maximum Gasteiger partial charge on any atom is 0.471 e. The molecule has 1 aromatic carbocycles. The summed E-state index contributed by atoms with van der Waals surface area (Å²) in [6, 6.07) is 1.83. The van der Waals surface area contributed by atoms with Gasteiger partial charge in [-0.2, -0.15) is 13.2 Å². The summed E-state index contributed by atoms with van der Waals surface area (Å²) in [5, 5.41) is 9.91. The van der Waals surface area contributed by atoms with Crippen molar-refractivity contribution in [1.82, 2.24) is 0 Å². The maximum absolute atomic E-state index is 13.5. The third-order valence-electron chi connectivity index (χ3n) is 1.81. The Morgan fingerprint density at radius 2 is 1.83 bits per heavy atom. The summed E-state index contributed by atoms with van der Waals surface area (Å²) in [5.74, 6) is -5.53. The minimum absolute atomic E-state index is 0.155. The highest BCUT2D eigenvalue weighted by molar-refractivity contribution is 9.10. The summed E-state index contributed by atoms with van der Waals surface area (Å²) in [5.41, 5.74) is -1.73. The number of amides is 1. The van der Waals surface area contributed by atoms with Gasteiger partial charge < -0.3 is 10.4 Å². The van der Waals surface area contributed by atoms with E-state index in [2.05, 4.69) is 15.9 Å². The summed E-state index contributed by atoms with van der Waals surface area (Å²) >= 11 is 2.73. The quantitative estimate of drug-likeness (QED) is 0.820. The molecule has 0 spiro atoms. The van der Waals surface area contributed by atoms with Crippen LogP contribution in [-0.2, 0) is 4.79 Å². The molecule has 1 rings (SSSR count). The number of nitrogens with one attached hydrogen (secondary N) is 1. The number of aromatic carboxylic acids is 1. The number of carbonyl (C=O) groups is 2. The first kappa shape index (κ1) is 14.4. The van der Waals surface area contributed by atoms with E-state index >= 15 is 0 Å². The van der Waals surface area contributed by atoms with Crippen LogP contribution in [0.3, 0.4) is 0 Å². The molecule has 0 heterocycles. The average molecular weight is 330 g/mol. The van der Waals surface area contributed by atoms with Crippen molar-refractivity contribution in [3.05, 3.63) is 28.0 Å². The fourth-order valence-corrected chi connectivity index (χ4v) is 1.51. The molecule has 0 fully saturated rings. The molecule has 0 aromatic heterocycles. The molecule has 9 heteroatoms. The van der Waals surface area contributed by atoms with E-state index in [4.69, 9.17) is 5.11 Å². The first-order chi connectivity index (χ1) is 8.14. The van der Waals surface area contributed by atoms with E-state index in [-0.39, 0.29) is 4.47 Å². The van der Waals surface area contributed by atoms with E-state index in [1.54, 1.807) is 0 Å². The molecule has 0 atom stereocenters. The predicted octanol–water partition coefficient (Wildman–Crippen LogP) is 2.79. The summed E-state index contributed by atoms with van der Waals surface area (Å²) in [6.07, 6.45) is -5.19. The van der Waals surface area contributed by atoms with E-state index in [0.29, 0.717) is 0 Å². The van der Waals surface area contributed by atoms with E-state index in [1.165, 1.54) is 5.32 Å². The van der Waals surface area contributed by atoms with Gasteiger partial charge in [0.1, 0.15) is 5.56 Å². The van der Waals surface area contributed by atoms with Crippen molar-refractivity contribution in [3.63, 3.8) is 0 Å². The molecule has 18 heavy (non-hydrogen) atoms. The lowest BCUT2D eigenvalue weighted by Gasteiger charge is -2.10. The van der Waals surface area contributed by atoms with E-state index in [9.17, 15) is 27.2 Å². The van der Waals surface area contributed by atoms with Gasteiger partial charge in [-0.05, 0) is 28.1 Å². The fourth-order valence-electron chi connectivity index (χ4n) is 1.04. The highest BCUT2D eigenvalue weighted by Gasteiger charge is 2.39. The number of alkyl halides is 3. The highest BCUT2D eigenvalue weighted by Crippen LogP contribution is 2.27. The zero-order valence-electron chi connectivity index (χ0n) is 8.31. The summed E-state index contributed by atoms with van der Waals surface area (Å²) in [6.45, 7) is 0. The Hall–Kier alpha value is -1.64. The van der Waals surface area contributed by atoms with Gasteiger partial charge in [-0.15, -0.1) is 0 Å². The second-order valence-corrected chi connectivity index (χ2v) is 3.90. The maximum atomic E-state index is 13.5. The Kier molecular flexibility index (Phi) is 3.95. The number of halogens is 5. The second kappa shape index (κ2) is 4.92. The van der Waals surface area contributed by atoms with Gasteiger partial charge >= 0.3 is 18.1 Å². The van der Waals surface area contributed by atoms with Crippen molar-refractivity contribution < 1.29 is 32.3 Å². The van der Waals surface area contributed by atoms with Crippen LogP contribution < -0.4 is 5.32 Å². The number of benzene rings is 1. The molecule has 4 nitrogen and oxygen atoms in total. The van der Waals surface area contributed by atoms with Crippen molar-refractivity contribution in [1.29, 1.82) is 0 Å². The van der Waals surface area contributed by atoms with Crippen molar-refractivity contribution in [2.45, 2.75) is 6.18 Å². The van der Waals surface area contributed by atoms with Gasteiger partial charge in [-0.1, -0.05) is 0 Å². The molecule has 0 radical (unpaired) electrons. The molecule has 2 N–H and O–H groups in total. The van der Waals surface area contributed by atoms with Gasteiger partial charge in [0.05, 0.1) is 5.69 Å². The zero-order chi connectivity index (χ0) is 14.1. The normalized spacial score (nSPS) is 11.2. The molecule has 0 bridgehead atoms. The molecule has 1 aromatic rings. The Morgan fingerprint density at radius 3 is 2.28 bits per heavy atom. The molecule has 0 saturated heterocycles. The molecule has 0 aliphatic carbocycles. The Bertz CT molecular complexity index is 515. The monoisotopic (exact) mass is 329 g/mol. The Balaban J connectivity index is 3.17. The second-order valence-electron chi connectivity index (χ2n) is 3.04. The summed E-state index contributed by atoms with van der Waals surface area (Å²) in [7, 11) is 0. The van der Waals surface area contributed by atoms with Crippen LogP contribution in [0.5, 0.6) is 0 Å². The molecular formula is C9H4BrF4NO3. The van der Waals surface area contributed by atoms with Gasteiger partial charge in [-0.25, -0.2) is 9.18 Å². The van der Waals surface area contributed by atoms with Crippen LogP contribution in [0.1, 0.15) is 10.4 Å². The number of hydrogen-bond donors (Lipinski definition) is 2. The SMILES string of the molecule is O=C(O)c1c(Br)ccc(NC(=O)C(F)(F)F)c1F. The fraction of sp³-hybridized carbons (Fsp3) is 0.111.